The maximum atomic E-state index is 5.36. The third kappa shape index (κ3) is 3.65. The zero-order valence-electron chi connectivity index (χ0n) is 9.49. The molecule has 0 bridgehead atoms. The minimum absolute atomic E-state index is 0.244. The molecule has 1 rings (SSSR count). The molecule has 1 fully saturated rings. The zero-order chi connectivity index (χ0) is 11.4. The van der Waals surface area contributed by atoms with Gasteiger partial charge in [0, 0.05) is 22.1 Å². The Kier molecular flexibility index (Phi) is 4.86. The van der Waals surface area contributed by atoms with Crippen LogP contribution in [0.25, 0.3) is 0 Å². The van der Waals surface area contributed by atoms with E-state index < -0.39 is 0 Å². The molecule has 0 aromatic heterocycles. The van der Waals surface area contributed by atoms with E-state index in [1.165, 1.54) is 12.1 Å². The van der Waals surface area contributed by atoms with Crippen molar-refractivity contribution in [3.8, 4) is 0 Å². The smallest absolute Gasteiger partial charge is 0.184 e. The molecule has 0 aromatic carbocycles. The number of nitrogens with two attached hydrogens (primary N) is 1. The maximum absolute atomic E-state index is 5.36. The molecule has 1 aliphatic rings. The van der Waals surface area contributed by atoms with E-state index in [0.717, 1.165) is 6.42 Å². The monoisotopic (exact) mass is 245 g/mol. The van der Waals surface area contributed by atoms with Gasteiger partial charge in [0.25, 0.3) is 0 Å². The number of thiocarbonyl (C=S) groups is 1. The molecule has 0 amide bonds. The number of rotatable bonds is 2. The number of nitrogens with zero attached hydrogens (tertiary/aromatic N) is 1. The fourth-order valence-electron chi connectivity index (χ4n) is 1.88. The Labute approximate surface area is 101 Å². The average Bonchev–Trinajstić information content (AvgIpc) is 2.18. The summed E-state index contributed by atoms with van der Waals surface area (Å²) in [5, 5.41) is 5.85. The summed E-state index contributed by atoms with van der Waals surface area (Å²) in [4.78, 5) is 0. The van der Waals surface area contributed by atoms with E-state index in [-0.39, 0.29) is 5.11 Å². The van der Waals surface area contributed by atoms with E-state index in [4.69, 9.17) is 18.0 Å². The minimum Gasteiger partial charge on any atom is -0.375 e. The zero-order valence-corrected chi connectivity index (χ0v) is 11.1. The Morgan fingerprint density at radius 2 is 2.33 bits per heavy atom. The predicted octanol–water partition coefficient (Wildman–Crippen LogP) is 2.12. The molecule has 1 aliphatic heterocycles. The number of hydrogen-bond donors (Lipinski definition) is 2. The van der Waals surface area contributed by atoms with Gasteiger partial charge in [0.15, 0.2) is 5.11 Å². The Hall–Kier alpha value is -0.290. The van der Waals surface area contributed by atoms with Gasteiger partial charge in [0.2, 0.25) is 0 Å². The van der Waals surface area contributed by atoms with Crippen LogP contribution in [-0.4, -0.2) is 21.3 Å². The Bertz CT molecular complexity index is 265. The Morgan fingerprint density at radius 1 is 1.67 bits per heavy atom. The Morgan fingerprint density at radius 3 is 2.87 bits per heavy atom. The highest BCUT2D eigenvalue weighted by Gasteiger charge is 2.29. The molecule has 3 atom stereocenters. The predicted molar refractivity (Wildman–Crippen MR) is 72.3 cm³/mol. The normalized spacial score (nSPS) is 34.1. The van der Waals surface area contributed by atoms with Crippen molar-refractivity contribution in [3.05, 3.63) is 0 Å². The van der Waals surface area contributed by atoms with Crippen molar-refractivity contribution in [2.45, 2.75) is 44.1 Å². The standard InChI is InChI=1S/C10H19N3S2/c1-4-9-7(3)8(5-6(2)15-9)12-13-10(11)14/h6-7,9H,4-5H2,1-3H3,(H3,11,13,14)/b12-8+/t6-,7+,9-/m0/s1. The molecule has 0 saturated carbocycles. The van der Waals surface area contributed by atoms with Gasteiger partial charge in [-0.25, -0.2) is 0 Å². The fourth-order valence-corrected chi connectivity index (χ4v) is 3.38. The van der Waals surface area contributed by atoms with Gasteiger partial charge < -0.3 is 5.73 Å². The van der Waals surface area contributed by atoms with Gasteiger partial charge in [0.05, 0.1) is 0 Å². The summed E-state index contributed by atoms with van der Waals surface area (Å²) in [5.74, 6) is 0.512. The molecule has 3 N–H and O–H groups in total. The highest BCUT2D eigenvalue weighted by molar-refractivity contribution is 8.00. The van der Waals surface area contributed by atoms with Crippen LogP contribution < -0.4 is 11.2 Å². The van der Waals surface area contributed by atoms with E-state index >= 15 is 0 Å². The van der Waals surface area contributed by atoms with E-state index in [1.807, 2.05) is 0 Å². The van der Waals surface area contributed by atoms with Crippen molar-refractivity contribution >= 4 is 34.8 Å². The molecule has 15 heavy (non-hydrogen) atoms. The number of hydrogen-bond acceptors (Lipinski definition) is 3. The molecule has 0 aliphatic carbocycles. The van der Waals surface area contributed by atoms with Crippen LogP contribution in [0.5, 0.6) is 0 Å². The first-order chi connectivity index (χ1) is 7.04. The summed E-state index contributed by atoms with van der Waals surface area (Å²) in [6, 6.07) is 0. The van der Waals surface area contributed by atoms with Crippen molar-refractivity contribution in [1.82, 2.24) is 5.43 Å². The summed E-state index contributed by atoms with van der Waals surface area (Å²) in [6.07, 6.45) is 2.21. The number of hydrazone groups is 1. The van der Waals surface area contributed by atoms with E-state index in [2.05, 4.69) is 43.1 Å². The van der Waals surface area contributed by atoms with Crippen molar-refractivity contribution in [2.24, 2.45) is 16.8 Å². The van der Waals surface area contributed by atoms with Crippen LogP contribution in [-0.2, 0) is 0 Å². The van der Waals surface area contributed by atoms with Gasteiger partial charge in [-0.2, -0.15) is 16.9 Å². The lowest BCUT2D eigenvalue weighted by molar-refractivity contribution is 0.645. The summed E-state index contributed by atoms with van der Waals surface area (Å²) in [7, 11) is 0. The van der Waals surface area contributed by atoms with Crippen LogP contribution >= 0.6 is 24.0 Å². The third-order valence-corrected chi connectivity index (χ3v) is 4.51. The van der Waals surface area contributed by atoms with Gasteiger partial charge in [-0.3, -0.25) is 5.43 Å². The van der Waals surface area contributed by atoms with Crippen LogP contribution in [0.4, 0.5) is 0 Å². The lowest BCUT2D eigenvalue weighted by Crippen LogP contribution is -2.35. The highest BCUT2D eigenvalue weighted by atomic mass is 32.2. The van der Waals surface area contributed by atoms with Crippen LogP contribution in [0.1, 0.15) is 33.6 Å². The topological polar surface area (TPSA) is 50.4 Å². The molecule has 5 heteroatoms. The van der Waals surface area contributed by atoms with Crippen LogP contribution in [0.3, 0.4) is 0 Å². The SMILES string of the molecule is CC[C@@H]1S[C@@H](C)C/C(=N\NC(N)=S)[C@H]1C. The molecule has 86 valence electrons. The van der Waals surface area contributed by atoms with E-state index in [0.29, 0.717) is 16.4 Å². The lowest BCUT2D eigenvalue weighted by Gasteiger charge is -2.32. The third-order valence-electron chi connectivity index (χ3n) is 2.70. The second-order valence-electron chi connectivity index (χ2n) is 3.97. The second kappa shape index (κ2) is 5.70. The molecule has 0 unspecified atom stereocenters. The molecule has 1 saturated heterocycles. The van der Waals surface area contributed by atoms with Crippen LogP contribution in [0.15, 0.2) is 5.10 Å². The molecular weight excluding hydrogens is 226 g/mol. The fraction of sp³-hybridized carbons (Fsp3) is 0.800. The van der Waals surface area contributed by atoms with E-state index in [9.17, 15) is 0 Å². The first-order valence-electron chi connectivity index (χ1n) is 5.32. The second-order valence-corrected chi connectivity index (χ2v) is 6.09. The first-order valence-corrected chi connectivity index (χ1v) is 6.67. The number of nitrogens with one attached hydrogen (secondary N) is 1. The lowest BCUT2D eigenvalue weighted by atomic mass is 9.95. The molecule has 3 nitrogen and oxygen atoms in total. The van der Waals surface area contributed by atoms with Crippen molar-refractivity contribution in [1.29, 1.82) is 0 Å². The minimum atomic E-state index is 0.244. The highest BCUT2D eigenvalue weighted by Crippen LogP contribution is 2.35. The molecule has 0 radical (unpaired) electrons. The van der Waals surface area contributed by atoms with Crippen LogP contribution in [0.2, 0.25) is 0 Å². The summed E-state index contributed by atoms with van der Waals surface area (Å²) in [6.45, 7) is 6.70. The largest absolute Gasteiger partial charge is 0.375 e. The van der Waals surface area contributed by atoms with Crippen molar-refractivity contribution in [3.63, 3.8) is 0 Å². The summed E-state index contributed by atoms with van der Waals surface area (Å²) >= 11 is 6.80. The quantitative estimate of drug-likeness (QED) is 0.578. The van der Waals surface area contributed by atoms with Crippen molar-refractivity contribution in [2.75, 3.05) is 0 Å². The van der Waals surface area contributed by atoms with Gasteiger partial charge in [-0.1, -0.05) is 20.8 Å². The van der Waals surface area contributed by atoms with Gasteiger partial charge in [0.1, 0.15) is 0 Å². The van der Waals surface area contributed by atoms with Gasteiger partial charge in [-0.15, -0.1) is 0 Å². The molecular formula is C10H19N3S2. The number of thioether (sulfide) groups is 1. The molecule has 0 aromatic rings. The Balaban J connectivity index is 2.69. The average molecular weight is 245 g/mol. The summed E-state index contributed by atoms with van der Waals surface area (Å²) < 4.78 is 0. The molecule has 0 spiro atoms. The summed E-state index contributed by atoms with van der Waals surface area (Å²) in [5.41, 5.74) is 9.26. The molecule has 1 heterocycles. The van der Waals surface area contributed by atoms with Gasteiger partial charge >= 0.3 is 0 Å². The van der Waals surface area contributed by atoms with Gasteiger partial charge in [-0.05, 0) is 25.1 Å². The maximum Gasteiger partial charge on any atom is 0.184 e. The first kappa shape index (κ1) is 12.8. The van der Waals surface area contributed by atoms with E-state index in [1.54, 1.807) is 0 Å². The van der Waals surface area contributed by atoms with Crippen molar-refractivity contribution < 1.29 is 0 Å². The van der Waals surface area contributed by atoms with Crippen LogP contribution in [0, 0.1) is 5.92 Å².